The number of esters is 1. The molecule has 5 nitrogen and oxygen atoms in total. The fourth-order valence-corrected chi connectivity index (χ4v) is 2.28. The molecule has 1 aliphatic rings. The standard InChI is InChI=1S/C14H20N2O3/c1-18-12-6-4-5-11(15)13(12)14(17)19-10-9-16-7-2-3-8-16/h4-6H,2-3,7-10,15H2,1H3. The van der Waals surface area contributed by atoms with Crippen molar-refractivity contribution in [2.45, 2.75) is 12.8 Å². The van der Waals surface area contributed by atoms with Crippen LogP contribution in [0.3, 0.4) is 0 Å². The van der Waals surface area contributed by atoms with Crippen LogP contribution in [0.4, 0.5) is 5.69 Å². The number of nitrogens with two attached hydrogens (primary N) is 1. The van der Waals surface area contributed by atoms with Crippen molar-refractivity contribution in [1.29, 1.82) is 0 Å². The van der Waals surface area contributed by atoms with Crippen molar-refractivity contribution in [2.24, 2.45) is 0 Å². The van der Waals surface area contributed by atoms with E-state index in [1.54, 1.807) is 18.2 Å². The van der Waals surface area contributed by atoms with Crippen molar-refractivity contribution in [2.75, 3.05) is 39.1 Å². The van der Waals surface area contributed by atoms with E-state index in [-0.39, 0.29) is 0 Å². The topological polar surface area (TPSA) is 64.8 Å². The molecule has 1 aliphatic heterocycles. The van der Waals surface area contributed by atoms with Gasteiger partial charge in [0.1, 0.15) is 17.9 Å². The Morgan fingerprint density at radius 2 is 2.11 bits per heavy atom. The zero-order chi connectivity index (χ0) is 13.7. The van der Waals surface area contributed by atoms with Crippen molar-refractivity contribution in [1.82, 2.24) is 4.90 Å². The number of anilines is 1. The monoisotopic (exact) mass is 264 g/mol. The average molecular weight is 264 g/mol. The van der Waals surface area contributed by atoms with Gasteiger partial charge in [0.2, 0.25) is 0 Å². The summed E-state index contributed by atoms with van der Waals surface area (Å²) in [7, 11) is 1.51. The van der Waals surface area contributed by atoms with Gasteiger partial charge in [-0.05, 0) is 38.1 Å². The van der Waals surface area contributed by atoms with Gasteiger partial charge in [0.25, 0.3) is 0 Å². The molecule has 19 heavy (non-hydrogen) atoms. The Kier molecular flexibility index (Phi) is 4.63. The van der Waals surface area contributed by atoms with E-state index >= 15 is 0 Å². The largest absolute Gasteiger partial charge is 0.496 e. The minimum Gasteiger partial charge on any atom is -0.496 e. The molecule has 2 rings (SSSR count). The molecular formula is C14H20N2O3. The number of benzene rings is 1. The maximum atomic E-state index is 12.0. The molecule has 1 fully saturated rings. The Labute approximate surface area is 113 Å². The summed E-state index contributed by atoms with van der Waals surface area (Å²) >= 11 is 0. The normalized spacial score (nSPS) is 15.4. The number of carbonyl (C=O) groups is 1. The number of nitrogens with zero attached hydrogens (tertiary/aromatic N) is 1. The summed E-state index contributed by atoms with van der Waals surface area (Å²) in [5.41, 5.74) is 6.49. The first-order valence-corrected chi connectivity index (χ1v) is 6.54. The van der Waals surface area contributed by atoms with E-state index < -0.39 is 5.97 Å². The van der Waals surface area contributed by atoms with Crippen LogP contribution >= 0.6 is 0 Å². The van der Waals surface area contributed by atoms with E-state index in [1.807, 2.05) is 0 Å². The molecule has 104 valence electrons. The van der Waals surface area contributed by atoms with Crippen molar-refractivity contribution in [3.8, 4) is 5.75 Å². The van der Waals surface area contributed by atoms with E-state index in [0.29, 0.717) is 23.6 Å². The lowest BCUT2D eigenvalue weighted by atomic mass is 10.1. The molecule has 0 atom stereocenters. The molecule has 2 N–H and O–H groups in total. The number of carbonyl (C=O) groups excluding carboxylic acids is 1. The van der Waals surface area contributed by atoms with Gasteiger partial charge in [0, 0.05) is 12.2 Å². The highest BCUT2D eigenvalue weighted by atomic mass is 16.5. The number of hydrogen-bond donors (Lipinski definition) is 1. The van der Waals surface area contributed by atoms with Gasteiger partial charge in [0.15, 0.2) is 0 Å². The number of nitrogen functional groups attached to an aromatic ring is 1. The van der Waals surface area contributed by atoms with Crippen LogP contribution in [0.1, 0.15) is 23.2 Å². The third kappa shape index (κ3) is 3.38. The van der Waals surface area contributed by atoms with Crippen LogP contribution in [-0.2, 0) is 4.74 Å². The van der Waals surface area contributed by atoms with Crippen molar-refractivity contribution < 1.29 is 14.3 Å². The lowest BCUT2D eigenvalue weighted by Gasteiger charge is -2.15. The van der Waals surface area contributed by atoms with Gasteiger partial charge in [0.05, 0.1) is 7.11 Å². The quantitative estimate of drug-likeness (QED) is 0.645. The van der Waals surface area contributed by atoms with Crippen molar-refractivity contribution in [3.63, 3.8) is 0 Å². The predicted octanol–water partition coefficient (Wildman–Crippen LogP) is 1.53. The minimum absolute atomic E-state index is 0.312. The summed E-state index contributed by atoms with van der Waals surface area (Å²) in [5.74, 6) is 0.0281. The zero-order valence-corrected chi connectivity index (χ0v) is 11.2. The molecule has 0 aromatic heterocycles. The van der Waals surface area contributed by atoms with Crippen LogP contribution in [0.15, 0.2) is 18.2 Å². The lowest BCUT2D eigenvalue weighted by Crippen LogP contribution is -2.25. The van der Waals surface area contributed by atoms with Gasteiger partial charge in [-0.25, -0.2) is 4.79 Å². The Morgan fingerprint density at radius 3 is 2.79 bits per heavy atom. The van der Waals surface area contributed by atoms with Gasteiger partial charge in [-0.2, -0.15) is 0 Å². The molecular weight excluding hydrogens is 244 g/mol. The van der Waals surface area contributed by atoms with Crippen LogP contribution in [0.2, 0.25) is 0 Å². The number of rotatable bonds is 5. The van der Waals surface area contributed by atoms with E-state index in [9.17, 15) is 4.79 Å². The molecule has 1 heterocycles. The van der Waals surface area contributed by atoms with Gasteiger partial charge in [-0.15, -0.1) is 0 Å². The summed E-state index contributed by atoms with van der Waals surface area (Å²) in [4.78, 5) is 14.3. The number of likely N-dealkylation sites (tertiary alicyclic amines) is 1. The highest BCUT2D eigenvalue weighted by Gasteiger charge is 2.18. The predicted molar refractivity (Wildman–Crippen MR) is 73.4 cm³/mol. The molecule has 0 bridgehead atoms. The first-order valence-electron chi connectivity index (χ1n) is 6.54. The molecule has 0 unspecified atom stereocenters. The van der Waals surface area contributed by atoms with Crippen molar-refractivity contribution in [3.05, 3.63) is 23.8 Å². The van der Waals surface area contributed by atoms with E-state index in [1.165, 1.54) is 20.0 Å². The molecule has 1 saturated heterocycles. The van der Waals surface area contributed by atoms with Crippen LogP contribution in [-0.4, -0.2) is 44.2 Å². The molecule has 0 saturated carbocycles. The lowest BCUT2D eigenvalue weighted by molar-refractivity contribution is 0.0470. The Hall–Kier alpha value is -1.75. The van der Waals surface area contributed by atoms with E-state index in [4.69, 9.17) is 15.2 Å². The first-order chi connectivity index (χ1) is 9.22. The van der Waals surface area contributed by atoms with Gasteiger partial charge >= 0.3 is 5.97 Å². The van der Waals surface area contributed by atoms with Crippen LogP contribution in [0.5, 0.6) is 5.75 Å². The summed E-state index contributed by atoms with van der Waals surface area (Å²) < 4.78 is 10.4. The number of ether oxygens (including phenoxy) is 2. The summed E-state index contributed by atoms with van der Waals surface area (Å²) in [6.45, 7) is 3.35. The molecule has 1 aromatic carbocycles. The molecule has 1 aromatic rings. The smallest absolute Gasteiger partial charge is 0.344 e. The fraction of sp³-hybridized carbons (Fsp3) is 0.500. The average Bonchev–Trinajstić information content (AvgIpc) is 2.91. The van der Waals surface area contributed by atoms with E-state index in [0.717, 1.165) is 19.6 Å². The maximum Gasteiger partial charge on any atom is 0.344 e. The van der Waals surface area contributed by atoms with Crippen LogP contribution in [0, 0.1) is 0 Å². The minimum atomic E-state index is -0.422. The molecule has 0 aliphatic carbocycles. The highest BCUT2D eigenvalue weighted by Crippen LogP contribution is 2.24. The zero-order valence-electron chi connectivity index (χ0n) is 11.2. The highest BCUT2D eigenvalue weighted by molar-refractivity contribution is 5.98. The second kappa shape index (κ2) is 6.43. The maximum absolute atomic E-state index is 12.0. The van der Waals surface area contributed by atoms with E-state index in [2.05, 4.69) is 4.90 Å². The SMILES string of the molecule is COc1cccc(N)c1C(=O)OCCN1CCCC1. The van der Waals surface area contributed by atoms with Crippen LogP contribution in [0.25, 0.3) is 0 Å². The molecule has 0 amide bonds. The second-order valence-electron chi connectivity index (χ2n) is 4.61. The molecule has 5 heteroatoms. The Morgan fingerprint density at radius 1 is 1.37 bits per heavy atom. The second-order valence-corrected chi connectivity index (χ2v) is 4.61. The Balaban J connectivity index is 1.92. The number of hydrogen-bond acceptors (Lipinski definition) is 5. The Bertz CT molecular complexity index is 442. The number of methoxy groups -OCH3 is 1. The summed E-state index contributed by atoms with van der Waals surface area (Å²) in [6, 6.07) is 5.11. The third-order valence-electron chi connectivity index (χ3n) is 3.32. The fourth-order valence-electron chi connectivity index (χ4n) is 2.28. The summed E-state index contributed by atoms with van der Waals surface area (Å²) in [5, 5.41) is 0. The van der Waals surface area contributed by atoms with Gasteiger partial charge in [-0.1, -0.05) is 6.07 Å². The molecule has 0 radical (unpaired) electrons. The third-order valence-corrected chi connectivity index (χ3v) is 3.32. The van der Waals surface area contributed by atoms with Crippen LogP contribution < -0.4 is 10.5 Å². The summed E-state index contributed by atoms with van der Waals surface area (Å²) in [6.07, 6.45) is 2.46. The molecule has 0 spiro atoms. The van der Waals surface area contributed by atoms with Gasteiger partial charge in [-0.3, -0.25) is 4.90 Å². The van der Waals surface area contributed by atoms with Crippen molar-refractivity contribution >= 4 is 11.7 Å². The van der Waals surface area contributed by atoms with Gasteiger partial charge < -0.3 is 15.2 Å². The first kappa shape index (κ1) is 13.7.